The number of hydrogen-bond acceptors (Lipinski definition) is 2. The van der Waals surface area contributed by atoms with Crippen LogP contribution in [0.3, 0.4) is 0 Å². The summed E-state index contributed by atoms with van der Waals surface area (Å²) in [6.45, 7) is 5.56. The second kappa shape index (κ2) is 8.13. The lowest BCUT2D eigenvalue weighted by Gasteiger charge is -2.13. The van der Waals surface area contributed by atoms with Crippen molar-refractivity contribution in [2.24, 2.45) is 0 Å². The topological polar surface area (TPSA) is 38.0 Å². The standard InChI is InChI=1S/C15H26N2/c1-3-4-5-7-13(2)17-11-10-14-8-6-9-15(16)12-14/h6,8-9,12-13,17H,3-5,7,10-11,16H2,1-2H3. The third-order valence-electron chi connectivity index (χ3n) is 3.10. The first-order valence-corrected chi connectivity index (χ1v) is 6.80. The van der Waals surface area contributed by atoms with E-state index in [2.05, 4.69) is 31.3 Å². The van der Waals surface area contributed by atoms with Crippen molar-refractivity contribution in [3.8, 4) is 0 Å². The number of nitrogens with one attached hydrogen (secondary N) is 1. The number of nitrogens with two attached hydrogens (primary N) is 1. The predicted octanol–water partition coefficient (Wildman–Crippen LogP) is 3.37. The minimum absolute atomic E-state index is 0.627. The smallest absolute Gasteiger partial charge is 0.0316 e. The van der Waals surface area contributed by atoms with Crippen LogP contribution in [-0.4, -0.2) is 12.6 Å². The van der Waals surface area contributed by atoms with Gasteiger partial charge in [-0.2, -0.15) is 0 Å². The summed E-state index contributed by atoms with van der Waals surface area (Å²) in [6, 6.07) is 8.78. The number of rotatable bonds is 8. The number of anilines is 1. The molecule has 0 amide bonds. The van der Waals surface area contributed by atoms with Gasteiger partial charge in [-0.3, -0.25) is 0 Å². The van der Waals surface area contributed by atoms with Crippen LogP contribution in [0.5, 0.6) is 0 Å². The largest absolute Gasteiger partial charge is 0.399 e. The van der Waals surface area contributed by atoms with Crippen LogP contribution < -0.4 is 11.1 Å². The van der Waals surface area contributed by atoms with Crippen LogP contribution in [0.15, 0.2) is 24.3 Å². The number of benzene rings is 1. The van der Waals surface area contributed by atoms with Crippen molar-refractivity contribution in [1.82, 2.24) is 5.32 Å². The summed E-state index contributed by atoms with van der Waals surface area (Å²) in [4.78, 5) is 0. The average molecular weight is 234 g/mol. The first-order chi connectivity index (χ1) is 8.22. The molecule has 1 aromatic carbocycles. The summed E-state index contributed by atoms with van der Waals surface area (Å²) in [5, 5.41) is 3.57. The van der Waals surface area contributed by atoms with Gasteiger partial charge in [0, 0.05) is 11.7 Å². The maximum Gasteiger partial charge on any atom is 0.0316 e. The molecule has 2 heteroatoms. The molecular formula is C15H26N2. The lowest BCUT2D eigenvalue weighted by Crippen LogP contribution is -2.28. The van der Waals surface area contributed by atoms with E-state index in [0.29, 0.717) is 6.04 Å². The average Bonchev–Trinajstić information content (AvgIpc) is 2.29. The normalized spacial score (nSPS) is 12.6. The molecule has 0 fully saturated rings. The van der Waals surface area contributed by atoms with Crippen molar-refractivity contribution >= 4 is 5.69 Å². The van der Waals surface area contributed by atoms with E-state index in [1.165, 1.54) is 31.2 Å². The fourth-order valence-corrected chi connectivity index (χ4v) is 2.01. The first kappa shape index (κ1) is 14.0. The van der Waals surface area contributed by atoms with Crippen molar-refractivity contribution in [3.63, 3.8) is 0 Å². The molecule has 0 aliphatic carbocycles. The molecule has 1 atom stereocenters. The van der Waals surface area contributed by atoms with Gasteiger partial charge in [-0.15, -0.1) is 0 Å². The molecule has 1 unspecified atom stereocenters. The van der Waals surface area contributed by atoms with Crippen molar-refractivity contribution < 1.29 is 0 Å². The number of nitrogen functional groups attached to an aromatic ring is 1. The Morgan fingerprint density at radius 1 is 1.29 bits per heavy atom. The van der Waals surface area contributed by atoms with E-state index in [0.717, 1.165) is 18.7 Å². The Morgan fingerprint density at radius 3 is 2.82 bits per heavy atom. The van der Waals surface area contributed by atoms with Crippen LogP contribution >= 0.6 is 0 Å². The molecule has 0 saturated carbocycles. The quantitative estimate of drug-likeness (QED) is 0.534. The van der Waals surface area contributed by atoms with Gasteiger partial charge in [0.2, 0.25) is 0 Å². The SMILES string of the molecule is CCCCCC(C)NCCc1cccc(N)c1. The van der Waals surface area contributed by atoms with E-state index in [1.807, 2.05) is 12.1 Å². The van der Waals surface area contributed by atoms with Crippen LogP contribution in [0, 0.1) is 0 Å². The van der Waals surface area contributed by atoms with Gasteiger partial charge < -0.3 is 11.1 Å². The van der Waals surface area contributed by atoms with Crippen LogP contribution in [0.1, 0.15) is 45.1 Å². The Morgan fingerprint density at radius 2 is 2.12 bits per heavy atom. The highest BCUT2D eigenvalue weighted by Gasteiger charge is 2.00. The van der Waals surface area contributed by atoms with E-state index in [9.17, 15) is 0 Å². The Hall–Kier alpha value is -1.02. The highest BCUT2D eigenvalue weighted by molar-refractivity contribution is 5.40. The summed E-state index contributed by atoms with van der Waals surface area (Å²) < 4.78 is 0. The van der Waals surface area contributed by atoms with Gasteiger partial charge in [-0.05, 0) is 44.0 Å². The van der Waals surface area contributed by atoms with E-state index < -0.39 is 0 Å². The minimum Gasteiger partial charge on any atom is -0.399 e. The molecule has 1 rings (SSSR count). The van der Waals surface area contributed by atoms with Crippen molar-refractivity contribution in [2.75, 3.05) is 12.3 Å². The molecule has 0 spiro atoms. The van der Waals surface area contributed by atoms with E-state index in [1.54, 1.807) is 0 Å². The summed E-state index contributed by atoms with van der Waals surface area (Å²) in [6.07, 6.45) is 6.33. The molecule has 0 aliphatic heterocycles. The molecule has 0 radical (unpaired) electrons. The second-order valence-corrected chi connectivity index (χ2v) is 4.85. The van der Waals surface area contributed by atoms with E-state index >= 15 is 0 Å². The van der Waals surface area contributed by atoms with Crippen LogP contribution in [0.4, 0.5) is 5.69 Å². The van der Waals surface area contributed by atoms with Crippen LogP contribution in [-0.2, 0) is 6.42 Å². The highest BCUT2D eigenvalue weighted by Crippen LogP contribution is 2.07. The maximum atomic E-state index is 5.75. The van der Waals surface area contributed by atoms with Gasteiger partial charge in [-0.25, -0.2) is 0 Å². The van der Waals surface area contributed by atoms with Crippen LogP contribution in [0.2, 0.25) is 0 Å². The number of hydrogen-bond donors (Lipinski definition) is 2. The molecule has 1 aromatic rings. The second-order valence-electron chi connectivity index (χ2n) is 4.85. The van der Waals surface area contributed by atoms with Crippen LogP contribution in [0.25, 0.3) is 0 Å². The highest BCUT2D eigenvalue weighted by atomic mass is 14.9. The summed E-state index contributed by atoms with van der Waals surface area (Å²) in [5.41, 5.74) is 7.93. The van der Waals surface area contributed by atoms with Gasteiger partial charge in [-0.1, -0.05) is 38.3 Å². The van der Waals surface area contributed by atoms with Gasteiger partial charge in [0.05, 0.1) is 0 Å². The predicted molar refractivity (Wildman–Crippen MR) is 76.2 cm³/mol. The summed E-state index contributed by atoms with van der Waals surface area (Å²) in [7, 11) is 0. The van der Waals surface area contributed by atoms with Gasteiger partial charge in [0.25, 0.3) is 0 Å². The summed E-state index contributed by atoms with van der Waals surface area (Å²) >= 11 is 0. The molecule has 0 heterocycles. The van der Waals surface area contributed by atoms with E-state index in [-0.39, 0.29) is 0 Å². The molecule has 2 nitrogen and oxygen atoms in total. The fourth-order valence-electron chi connectivity index (χ4n) is 2.01. The Labute approximate surface area is 106 Å². The number of unbranched alkanes of at least 4 members (excludes halogenated alkanes) is 2. The summed E-state index contributed by atoms with van der Waals surface area (Å²) in [5.74, 6) is 0. The molecule has 96 valence electrons. The maximum absolute atomic E-state index is 5.75. The van der Waals surface area contributed by atoms with Gasteiger partial charge in [0.1, 0.15) is 0 Å². The Kier molecular flexibility index (Phi) is 6.71. The zero-order valence-corrected chi connectivity index (χ0v) is 11.2. The molecule has 0 saturated heterocycles. The van der Waals surface area contributed by atoms with Crippen molar-refractivity contribution in [1.29, 1.82) is 0 Å². The molecule has 0 aromatic heterocycles. The molecule has 0 aliphatic rings. The monoisotopic (exact) mass is 234 g/mol. The third-order valence-corrected chi connectivity index (χ3v) is 3.10. The molecule has 0 bridgehead atoms. The van der Waals surface area contributed by atoms with Crippen molar-refractivity contribution in [2.45, 2.75) is 52.0 Å². The lowest BCUT2D eigenvalue weighted by molar-refractivity contribution is 0.490. The van der Waals surface area contributed by atoms with Gasteiger partial charge in [0.15, 0.2) is 0 Å². The van der Waals surface area contributed by atoms with E-state index in [4.69, 9.17) is 5.73 Å². The lowest BCUT2D eigenvalue weighted by atomic mass is 10.1. The van der Waals surface area contributed by atoms with Gasteiger partial charge >= 0.3 is 0 Å². The fraction of sp³-hybridized carbons (Fsp3) is 0.600. The Bertz CT molecular complexity index is 310. The first-order valence-electron chi connectivity index (χ1n) is 6.80. The zero-order chi connectivity index (χ0) is 12.5. The molecule has 3 N–H and O–H groups in total. The molecular weight excluding hydrogens is 208 g/mol. The molecule has 17 heavy (non-hydrogen) atoms. The van der Waals surface area contributed by atoms with Crippen molar-refractivity contribution in [3.05, 3.63) is 29.8 Å². The minimum atomic E-state index is 0.627. The third kappa shape index (κ3) is 6.32. The Balaban J connectivity index is 2.14. The zero-order valence-electron chi connectivity index (χ0n) is 11.2.